The molecule has 0 aromatic carbocycles. The van der Waals surface area contributed by atoms with Crippen molar-refractivity contribution in [3.05, 3.63) is 0 Å². The van der Waals surface area contributed by atoms with Gasteiger partial charge < -0.3 is 9.47 Å². The average molecular weight is 210 g/mol. The van der Waals surface area contributed by atoms with Crippen LogP contribution in [0.15, 0.2) is 0 Å². The first-order chi connectivity index (χ1) is 7.28. The third-order valence-corrected chi connectivity index (χ3v) is 5.28. The standard InChI is InChI=1S/C13H22O2/c1-3-4-7-15-13(14-2)9-11-10-5-6-12(11,13)8-10/h10-11H,3-9H2,1-2H3. The fourth-order valence-corrected chi connectivity index (χ4v) is 4.37. The Morgan fingerprint density at radius 1 is 1.33 bits per heavy atom. The normalized spacial score (nSPS) is 50.8. The van der Waals surface area contributed by atoms with Crippen LogP contribution in [0.1, 0.15) is 45.4 Å². The molecule has 0 heterocycles. The summed E-state index contributed by atoms with van der Waals surface area (Å²) in [5.74, 6) is 1.78. The fourth-order valence-electron chi connectivity index (χ4n) is 4.37. The molecular weight excluding hydrogens is 188 g/mol. The number of hydrogen-bond acceptors (Lipinski definition) is 2. The molecule has 4 saturated carbocycles. The van der Waals surface area contributed by atoms with E-state index in [0.29, 0.717) is 5.41 Å². The van der Waals surface area contributed by atoms with Crippen LogP contribution in [0.25, 0.3) is 0 Å². The van der Waals surface area contributed by atoms with Gasteiger partial charge in [0.1, 0.15) is 0 Å². The van der Waals surface area contributed by atoms with Gasteiger partial charge in [0.2, 0.25) is 0 Å². The van der Waals surface area contributed by atoms with E-state index in [1.807, 2.05) is 7.11 Å². The summed E-state index contributed by atoms with van der Waals surface area (Å²) < 4.78 is 11.8. The number of ether oxygens (including phenoxy) is 2. The monoisotopic (exact) mass is 210 g/mol. The number of rotatable bonds is 5. The Labute approximate surface area is 92.3 Å². The molecule has 4 aliphatic rings. The zero-order chi connectivity index (χ0) is 10.5. The van der Waals surface area contributed by atoms with Crippen molar-refractivity contribution in [1.29, 1.82) is 0 Å². The lowest BCUT2D eigenvalue weighted by atomic mass is 9.44. The summed E-state index contributed by atoms with van der Waals surface area (Å²) in [6.45, 7) is 3.09. The smallest absolute Gasteiger partial charge is 0.174 e. The van der Waals surface area contributed by atoms with E-state index in [-0.39, 0.29) is 5.79 Å². The molecular formula is C13H22O2. The summed E-state index contributed by atoms with van der Waals surface area (Å²) >= 11 is 0. The lowest BCUT2D eigenvalue weighted by molar-refractivity contribution is -0.393. The van der Waals surface area contributed by atoms with Gasteiger partial charge in [0.25, 0.3) is 0 Å². The molecule has 4 aliphatic carbocycles. The van der Waals surface area contributed by atoms with Gasteiger partial charge in [0.15, 0.2) is 5.79 Å². The van der Waals surface area contributed by atoms with Crippen molar-refractivity contribution in [2.24, 2.45) is 17.3 Å². The molecule has 0 radical (unpaired) electrons. The van der Waals surface area contributed by atoms with E-state index >= 15 is 0 Å². The second-order valence-corrected chi connectivity index (χ2v) is 5.63. The first-order valence-corrected chi connectivity index (χ1v) is 6.47. The van der Waals surface area contributed by atoms with Crippen molar-refractivity contribution in [2.45, 2.75) is 51.2 Å². The zero-order valence-corrected chi connectivity index (χ0v) is 9.92. The Bertz CT molecular complexity index is 261. The van der Waals surface area contributed by atoms with Crippen LogP contribution in [0, 0.1) is 17.3 Å². The molecule has 0 saturated heterocycles. The highest BCUT2D eigenvalue weighted by molar-refractivity contribution is 5.23. The van der Waals surface area contributed by atoms with Crippen molar-refractivity contribution in [1.82, 2.24) is 0 Å². The van der Waals surface area contributed by atoms with Crippen LogP contribution in [0.2, 0.25) is 0 Å². The van der Waals surface area contributed by atoms with Crippen molar-refractivity contribution in [2.75, 3.05) is 13.7 Å². The number of methoxy groups -OCH3 is 1. The van der Waals surface area contributed by atoms with Crippen LogP contribution in [0.5, 0.6) is 0 Å². The van der Waals surface area contributed by atoms with Crippen molar-refractivity contribution >= 4 is 0 Å². The summed E-state index contributed by atoms with van der Waals surface area (Å²) in [5.41, 5.74) is 0.445. The highest BCUT2D eigenvalue weighted by atomic mass is 16.7. The SMILES string of the molecule is CCCCOC1(OC)CC2C3CCC21C3. The van der Waals surface area contributed by atoms with Gasteiger partial charge >= 0.3 is 0 Å². The van der Waals surface area contributed by atoms with Gasteiger partial charge in [0.05, 0.1) is 6.61 Å². The number of unbranched alkanes of at least 4 members (excludes halogenated alkanes) is 1. The quantitative estimate of drug-likeness (QED) is 0.513. The van der Waals surface area contributed by atoms with Crippen LogP contribution in [0.3, 0.4) is 0 Å². The summed E-state index contributed by atoms with van der Waals surface area (Å²) in [5, 5.41) is 0. The second-order valence-electron chi connectivity index (χ2n) is 5.63. The minimum absolute atomic E-state index is 0.181. The molecule has 2 heteroatoms. The fraction of sp³-hybridized carbons (Fsp3) is 1.00. The molecule has 4 rings (SSSR count). The van der Waals surface area contributed by atoms with E-state index in [4.69, 9.17) is 9.47 Å². The van der Waals surface area contributed by atoms with Gasteiger partial charge in [-0.15, -0.1) is 0 Å². The number of fused-ring (bicyclic) bond motifs is 1. The molecule has 1 spiro atoms. The van der Waals surface area contributed by atoms with Gasteiger partial charge in [0, 0.05) is 18.9 Å². The molecule has 4 fully saturated rings. The van der Waals surface area contributed by atoms with Gasteiger partial charge in [-0.25, -0.2) is 0 Å². The molecule has 0 aromatic heterocycles. The van der Waals surface area contributed by atoms with E-state index in [0.717, 1.165) is 31.3 Å². The highest BCUT2D eigenvalue weighted by Crippen LogP contribution is 2.78. The molecule has 0 amide bonds. The number of hydrogen-bond donors (Lipinski definition) is 0. The molecule has 2 bridgehead atoms. The van der Waals surface area contributed by atoms with E-state index in [9.17, 15) is 0 Å². The first kappa shape index (κ1) is 10.1. The van der Waals surface area contributed by atoms with Crippen molar-refractivity contribution in [3.63, 3.8) is 0 Å². The minimum Gasteiger partial charge on any atom is -0.353 e. The lowest BCUT2D eigenvalue weighted by Gasteiger charge is -2.67. The molecule has 4 unspecified atom stereocenters. The van der Waals surface area contributed by atoms with Gasteiger partial charge in [-0.05, 0) is 37.5 Å². The summed E-state index contributed by atoms with van der Waals surface area (Å²) in [6, 6.07) is 0. The Hall–Kier alpha value is -0.0800. The molecule has 0 aliphatic heterocycles. The Balaban J connectivity index is 1.67. The summed E-state index contributed by atoms with van der Waals surface area (Å²) in [6.07, 6.45) is 7.68. The maximum absolute atomic E-state index is 6.09. The van der Waals surface area contributed by atoms with Crippen molar-refractivity contribution in [3.8, 4) is 0 Å². The molecule has 4 atom stereocenters. The van der Waals surface area contributed by atoms with Crippen LogP contribution < -0.4 is 0 Å². The molecule has 0 aromatic rings. The largest absolute Gasteiger partial charge is 0.353 e. The molecule has 2 nitrogen and oxygen atoms in total. The Morgan fingerprint density at radius 2 is 2.20 bits per heavy atom. The highest BCUT2D eigenvalue weighted by Gasteiger charge is 2.78. The van der Waals surface area contributed by atoms with Crippen LogP contribution in [-0.4, -0.2) is 19.5 Å². The Kier molecular flexibility index (Phi) is 2.16. The topological polar surface area (TPSA) is 18.5 Å². The molecule has 0 N–H and O–H groups in total. The zero-order valence-electron chi connectivity index (χ0n) is 9.92. The molecule has 86 valence electrons. The lowest BCUT2D eigenvalue weighted by Crippen LogP contribution is -2.70. The van der Waals surface area contributed by atoms with Gasteiger partial charge in [-0.3, -0.25) is 0 Å². The van der Waals surface area contributed by atoms with Crippen LogP contribution in [-0.2, 0) is 9.47 Å². The van der Waals surface area contributed by atoms with Gasteiger partial charge in [-0.1, -0.05) is 13.3 Å². The van der Waals surface area contributed by atoms with Crippen molar-refractivity contribution < 1.29 is 9.47 Å². The first-order valence-electron chi connectivity index (χ1n) is 6.47. The maximum atomic E-state index is 6.09. The second kappa shape index (κ2) is 3.21. The predicted molar refractivity (Wildman–Crippen MR) is 58.5 cm³/mol. The Morgan fingerprint density at radius 3 is 2.80 bits per heavy atom. The summed E-state index contributed by atoms with van der Waals surface area (Å²) in [7, 11) is 1.84. The van der Waals surface area contributed by atoms with Gasteiger partial charge in [-0.2, -0.15) is 0 Å². The van der Waals surface area contributed by atoms with Crippen LogP contribution >= 0.6 is 0 Å². The van der Waals surface area contributed by atoms with E-state index < -0.39 is 0 Å². The molecule has 15 heavy (non-hydrogen) atoms. The van der Waals surface area contributed by atoms with E-state index in [2.05, 4.69) is 6.92 Å². The minimum atomic E-state index is -0.181. The van der Waals surface area contributed by atoms with E-state index in [1.165, 1.54) is 25.7 Å². The third kappa shape index (κ3) is 1.03. The predicted octanol–water partition coefficient (Wildman–Crippen LogP) is 2.97. The summed E-state index contributed by atoms with van der Waals surface area (Å²) in [4.78, 5) is 0. The average Bonchev–Trinajstić information content (AvgIpc) is 2.80. The maximum Gasteiger partial charge on any atom is 0.174 e. The third-order valence-electron chi connectivity index (χ3n) is 5.28. The van der Waals surface area contributed by atoms with E-state index in [1.54, 1.807) is 0 Å². The van der Waals surface area contributed by atoms with Crippen LogP contribution in [0.4, 0.5) is 0 Å².